The van der Waals surface area contributed by atoms with Crippen molar-refractivity contribution in [2.75, 3.05) is 5.32 Å². The second kappa shape index (κ2) is 4.81. The number of aromatic nitrogens is 2. The van der Waals surface area contributed by atoms with Crippen LogP contribution in [0.1, 0.15) is 16.1 Å². The van der Waals surface area contributed by atoms with Gasteiger partial charge in [0.2, 0.25) is 0 Å². The van der Waals surface area contributed by atoms with Gasteiger partial charge in [-0.3, -0.25) is 10.1 Å². The van der Waals surface area contributed by atoms with Crippen molar-refractivity contribution in [1.29, 1.82) is 0 Å². The topological polar surface area (TPSA) is 110 Å². The van der Waals surface area contributed by atoms with Crippen LogP contribution in [0.25, 0.3) is 5.69 Å². The van der Waals surface area contributed by atoms with Gasteiger partial charge in [-0.1, -0.05) is 18.2 Å². The minimum Gasteiger partial charge on any atom is -0.465 e. The molecule has 19 heavy (non-hydrogen) atoms. The van der Waals surface area contributed by atoms with Crippen molar-refractivity contribution in [3.63, 3.8) is 0 Å². The van der Waals surface area contributed by atoms with E-state index in [1.54, 1.807) is 31.2 Å². The van der Waals surface area contributed by atoms with E-state index in [1.807, 2.05) is 6.07 Å². The fourth-order valence-electron chi connectivity index (χ4n) is 1.73. The molecule has 0 radical (unpaired) electrons. The molecule has 0 fully saturated rings. The average Bonchev–Trinajstić information content (AvgIpc) is 2.68. The maximum atomic E-state index is 11.3. The monoisotopic (exact) mass is 260 g/mol. The Balaban J connectivity index is 2.62. The number of carbonyl (C=O) groups excluding carboxylic acids is 1. The highest BCUT2D eigenvalue weighted by molar-refractivity contribution is 5.95. The summed E-state index contributed by atoms with van der Waals surface area (Å²) in [4.78, 5) is 22.1. The van der Waals surface area contributed by atoms with E-state index < -0.39 is 12.0 Å². The summed E-state index contributed by atoms with van der Waals surface area (Å²) >= 11 is 0. The van der Waals surface area contributed by atoms with Crippen LogP contribution in [0.2, 0.25) is 0 Å². The molecule has 0 unspecified atom stereocenters. The number of nitrogens with one attached hydrogen (secondary N) is 1. The maximum absolute atomic E-state index is 11.3. The zero-order valence-electron chi connectivity index (χ0n) is 10.1. The molecule has 2 rings (SSSR count). The molecule has 0 saturated heterocycles. The minimum absolute atomic E-state index is 0.0348. The number of hydrogen-bond donors (Lipinski definition) is 3. The Hall–Kier alpha value is -2.83. The Morgan fingerprint density at radius 3 is 2.47 bits per heavy atom. The number of rotatable bonds is 3. The molecule has 0 aliphatic carbocycles. The number of anilines is 1. The second-order valence-corrected chi connectivity index (χ2v) is 3.86. The van der Waals surface area contributed by atoms with Crippen LogP contribution in [-0.2, 0) is 0 Å². The molecule has 1 aromatic heterocycles. The van der Waals surface area contributed by atoms with Crippen LogP contribution >= 0.6 is 0 Å². The first-order valence-electron chi connectivity index (χ1n) is 5.45. The molecular weight excluding hydrogens is 248 g/mol. The Labute approximate surface area is 108 Å². The van der Waals surface area contributed by atoms with Crippen LogP contribution in [-0.4, -0.2) is 26.9 Å². The lowest BCUT2D eigenvalue weighted by Gasteiger charge is -2.07. The molecule has 0 aliphatic rings. The first-order valence-corrected chi connectivity index (χ1v) is 5.45. The number of benzene rings is 1. The number of primary amides is 1. The molecule has 0 atom stereocenters. The number of hydrogen-bond acceptors (Lipinski definition) is 3. The van der Waals surface area contributed by atoms with E-state index in [-0.39, 0.29) is 11.5 Å². The third-order valence-corrected chi connectivity index (χ3v) is 2.58. The molecule has 0 spiro atoms. The van der Waals surface area contributed by atoms with Gasteiger partial charge in [0.15, 0.2) is 5.69 Å². The van der Waals surface area contributed by atoms with E-state index in [0.29, 0.717) is 11.3 Å². The lowest BCUT2D eigenvalue weighted by atomic mass is 10.2. The van der Waals surface area contributed by atoms with Gasteiger partial charge in [-0.25, -0.2) is 9.48 Å². The van der Waals surface area contributed by atoms with Crippen molar-refractivity contribution >= 4 is 17.8 Å². The van der Waals surface area contributed by atoms with E-state index >= 15 is 0 Å². The molecule has 7 nitrogen and oxygen atoms in total. The quantitative estimate of drug-likeness (QED) is 0.773. The van der Waals surface area contributed by atoms with Crippen LogP contribution in [0, 0.1) is 6.92 Å². The van der Waals surface area contributed by atoms with Crippen LogP contribution in [0.3, 0.4) is 0 Å². The largest absolute Gasteiger partial charge is 0.465 e. The van der Waals surface area contributed by atoms with Crippen molar-refractivity contribution in [3.8, 4) is 5.69 Å². The first-order chi connectivity index (χ1) is 9.00. The van der Waals surface area contributed by atoms with Crippen molar-refractivity contribution in [3.05, 3.63) is 41.6 Å². The SMILES string of the molecule is Cc1c(C(N)=O)nn(-c2ccccc2)c1NC(=O)O. The minimum atomic E-state index is -1.24. The predicted molar refractivity (Wildman–Crippen MR) is 68.5 cm³/mol. The van der Waals surface area contributed by atoms with Gasteiger partial charge < -0.3 is 10.8 Å². The van der Waals surface area contributed by atoms with Crippen molar-refractivity contribution < 1.29 is 14.7 Å². The van der Waals surface area contributed by atoms with Gasteiger partial charge in [0.25, 0.3) is 5.91 Å². The summed E-state index contributed by atoms with van der Waals surface area (Å²) < 4.78 is 1.34. The third kappa shape index (κ3) is 2.39. The molecule has 0 aliphatic heterocycles. The van der Waals surface area contributed by atoms with E-state index in [1.165, 1.54) is 4.68 Å². The lowest BCUT2D eigenvalue weighted by molar-refractivity contribution is 0.0994. The van der Waals surface area contributed by atoms with Crippen LogP contribution in [0.4, 0.5) is 10.6 Å². The Morgan fingerprint density at radius 1 is 1.32 bits per heavy atom. The summed E-state index contributed by atoms with van der Waals surface area (Å²) in [6.45, 7) is 1.58. The third-order valence-electron chi connectivity index (χ3n) is 2.58. The zero-order valence-corrected chi connectivity index (χ0v) is 10.1. The van der Waals surface area contributed by atoms with E-state index in [9.17, 15) is 9.59 Å². The highest BCUT2D eigenvalue weighted by atomic mass is 16.4. The summed E-state index contributed by atoms with van der Waals surface area (Å²) in [5.41, 5.74) is 6.26. The number of para-hydroxylation sites is 1. The summed E-state index contributed by atoms with van der Waals surface area (Å²) in [5.74, 6) is -0.506. The molecule has 0 saturated carbocycles. The first kappa shape index (κ1) is 12.6. The van der Waals surface area contributed by atoms with Gasteiger partial charge in [-0.2, -0.15) is 5.10 Å². The fourth-order valence-corrected chi connectivity index (χ4v) is 1.73. The highest BCUT2D eigenvalue weighted by Gasteiger charge is 2.20. The Kier molecular flexibility index (Phi) is 3.19. The summed E-state index contributed by atoms with van der Waals surface area (Å²) in [5, 5.41) is 15.1. The fraction of sp³-hybridized carbons (Fsp3) is 0.0833. The molecule has 2 aromatic rings. The van der Waals surface area contributed by atoms with Crippen LogP contribution in [0.5, 0.6) is 0 Å². The number of amides is 2. The van der Waals surface area contributed by atoms with Crippen molar-refractivity contribution in [2.45, 2.75) is 6.92 Å². The van der Waals surface area contributed by atoms with Gasteiger partial charge in [0, 0.05) is 5.56 Å². The van der Waals surface area contributed by atoms with Gasteiger partial charge in [0.05, 0.1) is 5.69 Å². The number of carbonyl (C=O) groups is 2. The predicted octanol–water partition coefficient (Wildman–Crippen LogP) is 1.37. The summed E-state index contributed by atoms with van der Waals surface area (Å²) in [7, 11) is 0. The molecule has 1 aromatic carbocycles. The highest BCUT2D eigenvalue weighted by Crippen LogP contribution is 2.22. The Morgan fingerprint density at radius 2 is 1.95 bits per heavy atom. The molecule has 98 valence electrons. The molecule has 0 bridgehead atoms. The van der Waals surface area contributed by atoms with Crippen LogP contribution < -0.4 is 11.1 Å². The van der Waals surface area contributed by atoms with E-state index in [0.717, 1.165) is 0 Å². The van der Waals surface area contributed by atoms with Crippen molar-refractivity contribution in [1.82, 2.24) is 9.78 Å². The number of nitrogens with two attached hydrogens (primary N) is 1. The number of nitrogens with zero attached hydrogens (tertiary/aromatic N) is 2. The average molecular weight is 260 g/mol. The van der Waals surface area contributed by atoms with Crippen molar-refractivity contribution in [2.24, 2.45) is 5.73 Å². The molecule has 1 heterocycles. The molecule has 2 amide bonds. The van der Waals surface area contributed by atoms with Gasteiger partial charge in [-0.15, -0.1) is 0 Å². The normalized spacial score (nSPS) is 10.2. The molecular formula is C12H12N4O3. The second-order valence-electron chi connectivity index (χ2n) is 3.86. The van der Waals surface area contributed by atoms with Gasteiger partial charge in [0.1, 0.15) is 5.82 Å². The van der Waals surface area contributed by atoms with E-state index in [2.05, 4.69) is 10.4 Å². The van der Waals surface area contributed by atoms with Gasteiger partial charge in [-0.05, 0) is 19.1 Å². The standard InChI is InChI=1S/C12H12N4O3/c1-7-9(10(13)17)15-16(11(7)14-12(18)19)8-5-3-2-4-6-8/h2-6,14H,1H3,(H2,13,17)(H,18,19). The molecule has 4 N–H and O–H groups in total. The molecule has 7 heteroatoms. The van der Waals surface area contributed by atoms with E-state index in [4.69, 9.17) is 10.8 Å². The maximum Gasteiger partial charge on any atom is 0.410 e. The Bertz CT molecular complexity index is 634. The summed E-state index contributed by atoms with van der Waals surface area (Å²) in [6, 6.07) is 8.86. The lowest BCUT2D eigenvalue weighted by Crippen LogP contribution is -2.13. The van der Waals surface area contributed by atoms with Crippen LogP contribution in [0.15, 0.2) is 30.3 Å². The smallest absolute Gasteiger partial charge is 0.410 e. The zero-order chi connectivity index (χ0) is 14.0. The number of carboxylic acid groups (broad SMARTS) is 1. The summed E-state index contributed by atoms with van der Waals surface area (Å²) in [6.07, 6.45) is -1.24. The van der Waals surface area contributed by atoms with Gasteiger partial charge >= 0.3 is 6.09 Å².